The molecule has 2 fully saturated rings. The van der Waals surface area contributed by atoms with Crippen LogP contribution in [0.2, 0.25) is 0 Å². The molecule has 2 heterocycles. The fraction of sp³-hybridized carbons (Fsp3) is 0.769. The lowest BCUT2D eigenvalue weighted by Crippen LogP contribution is -2.50. The van der Waals surface area contributed by atoms with Crippen molar-refractivity contribution in [3.8, 4) is 0 Å². The van der Waals surface area contributed by atoms with E-state index in [0.717, 1.165) is 22.9 Å². The summed E-state index contributed by atoms with van der Waals surface area (Å²) in [5, 5.41) is 11.5. The molecule has 3 amide bonds. The first-order valence-electron chi connectivity index (χ1n) is 7.19. The Morgan fingerprint density at radius 2 is 1.81 bits per heavy atom. The summed E-state index contributed by atoms with van der Waals surface area (Å²) in [5.74, 6) is -0.115. The van der Waals surface area contributed by atoms with Gasteiger partial charge in [-0.2, -0.15) is 0 Å². The van der Waals surface area contributed by atoms with Gasteiger partial charge in [-0.05, 0) is 12.8 Å². The van der Waals surface area contributed by atoms with Crippen LogP contribution in [0.25, 0.3) is 0 Å². The minimum absolute atomic E-state index is 0.115. The summed E-state index contributed by atoms with van der Waals surface area (Å²) in [7, 11) is 0. The van der Waals surface area contributed by atoms with Gasteiger partial charge in [0.1, 0.15) is 0 Å². The molecule has 8 heteroatoms. The van der Waals surface area contributed by atoms with Crippen LogP contribution in [-0.4, -0.2) is 69.9 Å². The molecule has 0 radical (unpaired) electrons. The standard InChI is InChI=1S/C13H21N3O5/c1-3-4-5-21-13(20)16-11-6-10(15(16)12(18)19)7-14(8-11)9(2)17/h10-11H,3-8H2,1-2H3,(H,18,19). The van der Waals surface area contributed by atoms with Gasteiger partial charge in [0, 0.05) is 20.0 Å². The van der Waals surface area contributed by atoms with Crippen LogP contribution in [-0.2, 0) is 9.53 Å². The molecule has 2 rings (SSSR count). The van der Waals surface area contributed by atoms with Gasteiger partial charge in [0.25, 0.3) is 0 Å². The number of amides is 3. The number of carbonyl (C=O) groups is 3. The summed E-state index contributed by atoms with van der Waals surface area (Å²) in [4.78, 5) is 36.7. The van der Waals surface area contributed by atoms with Crippen LogP contribution in [0, 0.1) is 0 Å². The third kappa shape index (κ3) is 3.03. The van der Waals surface area contributed by atoms with Crippen molar-refractivity contribution in [1.82, 2.24) is 14.9 Å². The number of hydrogen-bond acceptors (Lipinski definition) is 4. The maximum atomic E-state index is 12.1. The van der Waals surface area contributed by atoms with Gasteiger partial charge in [0.05, 0.1) is 18.7 Å². The highest BCUT2D eigenvalue weighted by Gasteiger charge is 2.50. The molecule has 0 saturated carbocycles. The molecule has 0 aliphatic carbocycles. The SMILES string of the molecule is CCCCOC(=O)N1C2CC(CN(C(C)=O)C2)N1C(=O)O. The first kappa shape index (κ1) is 15.4. The molecule has 1 N–H and O–H groups in total. The Kier molecular flexibility index (Phi) is 4.54. The summed E-state index contributed by atoms with van der Waals surface area (Å²) in [6, 6.07) is -0.721. The number of unbranched alkanes of at least 4 members (excludes halogenated alkanes) is 1. The van der Waals surface area contributed by atoms with Crippen LogP contribution in [0.3, 0.4) is 0 Å². The molecule has 0 aromatic rings. The number of carbonyl (C=O) groups excluding carboxylic acids is 2. The molecule has 0 aromatic carbocycles. The van der Waals surface area contributed by atoms with Gasteiger partial charge in [-0.15, -0.1) is 0 Å². The second-order valence-corrected chi connectivity index (χ2v) is 5.41. The Morgan fingerprint density at radius 1 is 1.19 bits per heavy atom. The van der Waals surface area contributed by atoms with E-state index in [4.69, 9.17) is 4.74 Å². The van der Waals surface area contributed by atoms with Crippen molar-refractivity contribution >= 4 is 18.1 Å². The van der Waals surface area contributed by atoms with E-state index in [0.29, 0.717) is 19.5 Å². The summed E-state index contributed by atoms with van der Waals surface area (Å²) in [6.07, 6.45) is 0.323. The molecule has 2 bridgehead atoms. The molecule has 2 saturated heterocycles. The predicted octanol–water partition coefficient (Wildman–Crippen LogP) is 1.12. The van der Waals surface area contributed by atoms with Gasteiger partial charge >= 0.3 is 12.2 Å². The molecule has 2 unspecified atom stereocenters. The Hall–Kier alpha value is -1.99. The average Bonchev–Trinajstić information content (AvgIpc) is 2.69. The van der Waals surface area contributed by atoms with E-state index in [-0.39, 0.29) is 24.6 Å². The van der Waals surface area contributed by atoms with E-state index in [1.807, 2.05) is 6.92 Å². The number of piperidine rings is 1. The van der Waals surface area contributed by atoms with Crippen LogP contribution in [0.5, 0.6) is 0 Å². The van der Waals surface area contributed by atoms with Crippen LogP contribution >= 0.6 is 0 Å². The molecule has 0 aromatic heterocycles. The number of hydrogen-bond donors (Lipinski definition) is 1. The quantitative estimate of drug-likeness (QED) is 0.789. The third-order valence-corrected chi connectivity index (χ3v) is 3.88. The fourth-order valence-corrected chi connectivity index (χ4v) is 2.87. The van der Waals surface area contributed by atoms with Crippen molar-refractivity contribution in [1.29, 1.82) is 0 Å². The molecule has 118 valence electrons. The first-order valence-corrected chi connectivity index (χ1v) is 7.19. The summed E-state index contributed by atoms with van der Waals surface area (Å²) in [5.41, 5.74) is 0. The van der Waals surface area contributed by atoms with Crippen molar-refractivity contribution in [3.63, 3.8) is 0 Å². The number of carboxylic acid groups (broad SMARTS) is 1. The zero-order chi connectivity index (χ0) is 15.6. The Morgan fingerprint density at radius 3 is 2.33 bits per heavy atom. The highest BCUT2D eigenvalue weighted by atomic mass is 16.6. The molecule has 21 heavy (non-hydrogen) atoms. The van der Waals surface area contributed by atoms with Gasteiger partial charge in [0.15, 0.2) is 0 Å². The van der Waals surface area contributed by atoms with E-state index in [1.165, 1.54) is 6.92 Å². The van der Waals surface area contributed by atoms with Crippen LogP contribution in [0.15, 0.2) is 0 Å². The summed E-state index contributed by atoms with van der Waals surface area (Å²) >= 11 is 0. The number of ether oxygens (including phenoxy) is 1. The monoisotopic (exact) mass is 299 g/mol. The number of nitrogens with zero attached hydrogens (tertiary/aromatic N) is 3. The second kappa shape index (κ2) is 6.19. The Balaban J connectivity index is 2.12. The molecule has 0 spiro atoms. The third-order valence-electron chi connectivity index (χ3n) is 3.88. The van der Waals surface area contributed by atoms with Gasteiger partial charge in [-0.25, -0.2) is 19.6 Å². The molecule has 2 aliphatic heterocycles. The fourth-order valence-electron chi connectivity index (χ4n) is 2.87. The van der Waals surface area contributed by atoms with Crippen molar-refractivity contribution in [2.45, 2.75) is 45.2 Å². The topological polar surface area (TPSA) is 90.4 Å². The van der Waals surface area contributed by atoms with Crippen LogP contribution in [0.4, 0.5) is 9.59 Å². The van der Waals surface area contributed by atoms with Gasteiger partial charge in [-0.3, -0.25) is 4.79 Å². The highest BCUT2D eigenvalue weighted by Crippen LogP contribution is 2.31. The van der Waals surface area contributed by atoms with Crippen molar-refractivity contribution in [2.24, 2.45) is 0 Å². The molecule has 2 atom stereocenters. The van der Waals surface area contributed by atoms with Crippen LogP contribution in [0.1, 0.15) is 33.1 Å². The maximum Gasteiger partial charge on any atom is 0.429 e. The van der Waals surface area contributed by atoms with Crippen molar-refractivity contribution in [2.75, 3.05) is 19.7 Å². The number of rotatable bonds is 3. The molecular formula is C13H21N3O5. The van der Waals surface area contributed by atoms with Gasteiger partial charge in [0.2, 0.25) is 5.91 Å². The first-order chi connectivity index (χ1) is 9.95. The van der Waals surface area contributed by atoms with E-state index < -0.39 is 12.2 Å². The predicted molar refractivity (Wildman–Crippen MR) is 72.4 cm³/mol. The zero-order valence-electron chi connectivity index (χ0n) is 12.3. The summed E-state index contributed by atoms with van der Waals surface area (Å²) in [6.45, 7) is 4.35. The highest BCUT2D eigenvalue weighted by molar-refractivity contribution is 5.77. The lowest BCUT2D eigenvalue weighted by molar-refractivity contribution is -0.130. The van der Waals surface area contributed by atoms with E-state index in [9.17, 15) is 19.5 Å². The second-order valence-electron chi connectivity index (χ2n) is 5.41. The minimum Gasteiger partial charge on any atom is -0.464 e. The van der Waals surface area contributed by atoms with E-state index >= 15 is 0 Å². The molecular weight excluding hydrogens is 278 g/mol. The van der Waals surface area contributed by atoms with E-state index in [2.05, 4.69) is 0 Å². The number of fused-ring (bicyclic) bond motifs is 2. The maximum absolute atomic E-state index is 12.1. The lowest BCUT2D eigenvalue weighted by atomic mass is 10.0. The minimum atomic E-state index is -1.19. The summed E-state index contributed by atoms with van der Waals surface area (Å²) < 4.78 is 5.13. The van der Waals surface area contributed by atoms with Gasteiger partial charge < -0.3 is 14.7 Å². The lowest BCUT2D eigenvalue weighted by Gasteiger charge is -2.29. The largest absolute Gasteiger partial charge is 0.464 e. The van der Waals surface area contributed by atoms with Crippen molar-refractivity contribution in [3.05, 3.63) is 0 Å². The normalized spacial score (nSPS) is 24.2. The van der Waals surface area contributed by atoms with Crippen LogP contribution < -0.4 is 0 Å². The average molecular weight is 299 g/mol. The molecule has 8 nitrogen and oxygen atoms in total. The number of likely N-dealkylation sites (tertiary alicyclic amines) is 1. The Labute approximate surface area is 123 Å². The zero-order valence-corrected chi connectivity index (χ0v) is 12.3. The number of hydrazine groups is 1. The molecule has 2 aliphatic rings. The smallest absolute Gasteiger partial charge is 0.429 e. The van der Waals surface area contributed by atoms with Crippen molar-refractivity contribution < 1.29 is 24.2 Å². The van der Waals surface area contributed by atoms with E-state index in [1.54, 1.807) is 4.90 Å². The Bertz CT molecular complexity index is 442. The van der Waals surface area contributed by atoms with Gasteiger partial charge in [-0.1, -0.05) is 13.3 Å².